The molecule has 0 unspecified atom stereocenters. The van der Waals surface area contributed by atoms with Crippen LogP contribution in [0.2, 0.25) is 0 Å². The first-order chi connectivity index (χ1) is 12.8. The van der Waals surface area contributed by atoms with E-state index in [9.17, 15) is 4.79 Å². The van der Waals surface area contributed by atoms with E-state index in [0.717, 1.165) is 28.9 Å². The van der Waals surface area contributed by atoms with E-state index >= 15 is 0 Å². The number of rotatable bonds is 8. The van der Waals surface area contributed by atoms with Crippen LogP contribution in [0.15, 0.2) is 48.5 Å². The third-order valence-corrected chi connectivity index (χ3v) is 4.69. The Hall–Kier alpha value is -2.29. The molecular weight excluding hydrogens is 334 g/mol. The summed E-state index contributed by atoms with van der Waals surface area (Å²) in [5.74, 6) is 1.54. The maximum Gasteiger partial charge on any atom is 0.261 e. The highest BCUT2D eigenvalue weighted by molar-refractivity contribution is 5.81. The van der Waals surface area contributed by atoms with Crippen LogP contribution in [-0.2, 0) is 4.79 Å². The largest absolute Gasteiger partial charge is 0.481 e. The molecule has 146 valence electrons. The second-order valence-electron chi connectivity index (χ2n) is 8.06. The van der Waals surface area contributed by atoms with Crippen LogP contribution in [0.3, 0.4) is 0 Å². The zero-order valence-electron chi connectivity index (χ0n) is 17.5. The summed E-state index contributed by atoms with van der Waals surface area (Å²) in [6.45, 7) is 12.5. The summed E-state index contributed by atoms with van der Waals surface area (Å²) in [6, 6.07) is 16.3. The molecule has 0 aliphatic carbocycles. The molecule has 27 heavy (non-hydrogen) atoms. The first kappa shape index (κ1) is 21.0. The van der Waals surface area contributed by atoms with Crippen LogP contribution in [0.4, 0.5) is 0 Å². The summed E-state index contributed by atoms with van der Waals surface area (Å²) in [7, 11) is 0. The van der Waals surface area contributed by atoms with E-state index in [1.807, 2.05) is 38.1 Å². The van der Waals surface area contributed by atoms with Gasteiger partial charge in [0.1, 0.15) is 5.75 Å². The van der Waals surface area contributed by atoms with Gasteiger partial charge in [0.05, 0.1) is 6.04 Å². The number of carbonyl (C=O) groups excluding carboxylic acids is 1. The quantitative estimate of drug-likeness (QED) is 0.641. The lowest BCUT2D eigenvalue weighted by molar-refractivity contribution is -0.128. The highest BCUT2D eigenvalue weighted by atomic mass is 16.5. The van der Waals surface area contributed by atoms with E-state index in [0.29, 0.717) is 11.8 Å². The Balaban J connectivity index is 2.13. The maximum atomic E-state index is 12.8. The van der Waals surface area contributed by atoms with Crippen molar-refractivity contribution in [1.29, 1.82) is 0 Å². The summed E-state index contributed by atoms with van der Waals surface area (Å²) in [6.07, 6.45) is 0.340. The SMILES string of the molecule is Cc1ccc(C(C)C)c(O[C@@H](C)C(=O)N[C@H](CC(C)C)c2ccccc2)c1. The van der Waals surface area contributed by atoms with Crippen LogP contribution in [0, 0.1) is 12.8 Å². The van der Waals surface area contributed by atoms with Crippen molar-refractivity contribution in [1.82, 2.24) is 5.32 Å². The van der Waals surface area contributed by atoms with E-state index < -0.39 is 6.10 Å². The molecule has 0 aliphatic heterocycles. The summed E-state index contributed by atoms with van der Waals surface area (Å²) >= 11 is 0. The first-order valence-corrected chi connectivity index (χ1v) is 9.90. The minimum absolute atomic E-state index is 0.00757. The second kappa shape index (κ2) is 9.59. The minimum Gasteiger partial charge on any atom is -0.481 e. The summed E-state index contributed by atoms with van der Waals surface area (Å²) < 4.78 is 6.08. The Labute approximate surface area is 164 Å². The number of amides is 1. The van der Waals surface area contributed by atoms with Gasteiger partial charge in [0, 0.05) is 0 Å². The molecular formula is C24H33NO2. The van der Waals surface area contributed by atoms with Gasteiger partial charge in [-0.25, -0.2) is 0 Å². The number of hydrogen-bond donors (Lipinski definition) is 1. The van der Waals surface area contributed by atoms with Gasteiger partial charge in [0.15, 0.2) is 6.10 Å². The van der Waals surface area contributed by atoms with Crippen molar-refractivity contribution in [3.8, 4) is 5.75 Å². The van der Waals surface area contributed by atoms with Gasteiger partial charge in [0.25, 0.3) is 5.91 Å². The number of aryl methyl sites for hydroxylation is 1. The lowest BCUT2D eigenvalue weighted by atomic mass is 9.97. The van der Waals surface area contributed by atoms with Crippen LogP contribution in [0.25, 0.3) is 0 Å². The number of hydrogen-bond acceptors (Lipinski definition) is 2. The van der Waals surface area contributed by atoms with Crippen molar-refractivity contribution < 1.29 is 9.53 Å². The van der Waals surface area contributed by atoms with Crippen molar-refractivity contribution in [2.24, 2.45) is 5.92 Å². The predicted molar refractivity (Wildman–Crippen MR) is 112 cm³/mol. The Morgan fingerprint density at radius 3 is 2.26 bits per heavy atom. The van der Waals surface area contributed by atoms with Gasteiger partial charge in [0.2, 0.25) is 0 Å². The number of ether oxygens (including phenoxy) is 1. The Morgan fingerprint density at radius 1 is 1.00 bits per heavy atom. The normalized spacial score (nSPS) is 13.5. The van der Waals surface area contributed by atoms with Crippen molar-refractivity contribution in [3.63, 3.8) is 0 Å². The molecule has 0 aliphatic rings. The highest BCUT2D eigenvalue weighted by Gasteiger charge is 2.22. The maximum absolute atomic E-state index is 12.8. The third-order valence-electron chi connectivity index (χ3n) is 4.69. The molecule has 0 aromatic heterocycles. The van der Waals surface area contributed by atoms with Crippen LogP contribution < -0.4 is 10.1 Å². The fraction of sp³-hybridized carbons (Fsp3) is 0.458. The molecule has 2 aromatic rings. The molecule has 1 amide bonds. The average molecular weight is 368 g/mol. The van der Waals surface area contributed by atoms with Crippen molar-refractivity contribution in [2.45, 2.75) is 66.0 Å². The summed E-state index contributed by atoms with van der Waals surface area (Å²) in [5, 5.41) is 3.18. The standard InChI is InChI=1S/C24H33NO2/c1-16(2)14-22(20-10-8-7-9-11-20)25-24(26)19(6)27-23-15-18(5)12-13-21(23)17(3)4/h7-13,15-17,19,22H,14H2,1-6H3,(H,25,26)/t19-,22+/m0/s1. The van der Waals surface area contributed by atoms with E-state index in [-0.39, 0.29) is 11.9 Å². The number of carbonyl (C=O) groups is 1. The van der Waals surface area contributed by atoms with Gasteiger partial charge < -0.3 is 10.1 Å². The molecule has 0 saturated heterocycles. The van der Waals surface area contributed by atoms with Gasteiger partial charge in [-0.1, -0.05) is 70.2 Å². The average Bonchev–Trinajstić information content (AvgIpc) is 2.61. The Bertz CT molecular complexity index is 737. The van der Waals surface area contributed by atoms with Crippen LogP contribution in [-0.4, -0.2) is 12.0 Å². The third kappa shape index (κ3) is 6.13. The monoisotopic (exact) mass is 367 g/mol. The van der Waals surface area contributed by atoms with Crippen LogP contribution in [0.5, 0.6) is 5.75 Å². The van der Waals surface area contributed by atoms with E-state index in [2.05, 4.69) is 57.3 Å². The van der Waals surface area contributed by atoms with E-state index in [1.165, 1.54) is 0 Å². The van der Waals surface area contributed by atoms with Crippen molar-refractivity contribution >= 4 is 5.91 Å². The van der Waals surface area contributed by atoms with Crippen molar-refractivity contribution in [2.75, 3.05) is 0 Å². The molecule has 0 fully saturated rings. The minimum atomic E-state index is -0.553. The lowest BCUT2D eigenvalue weighted by Crippen LogP contribution is -2.39. The fourth-order valence-corrected chi connectivity index (χ4v) is 3.19. The topological polar surface area (TPSA) is 38.3 Å². The second-order valence-corrected chi connectivity index (χ2v) is 8.06. The van der Waals surface area contributed by atoms with Crippen LogP contribution in [0.1, 0.15) is 69.7 Å². The molecule has 3 heteroatoms. The molecule has 0 heterocycles. The predicted octanol–water partition coefficient (Wildman–Crippen LogP) is 5.79. The van der Waals surface area contributed by atoms with Crippen LogP contribution >= 0.6 is 0 Å². The van der Waals surface area contributed by atoms with Gasteiger partial charge in [-0.05, 0) is 54.9 Å². The van der Waals surface area contributed by atoms with E-state index in [1.54, 1.807) is 0 Å². The smallest absolute Gasteiger partial charge is 0.261 e. The number of nitrogens with one attached hydrogen (secondary N) is 1. The molecule has 0 spiro atoms. The van der Waals surface area contributed by atoms with Gasteiger partial charge >= 0.3 is 0 Å². The van der Waals surface area contributed by atoms with Gasteiger partial charge in [-0.3, -0.25) is 4.79 Å². The molecule has 0 radical (unpaired) electrons. The Morgan fingerprint density at radius 2 is 1.67 bits per heavy atom. The first-order valence-electron chi connectivity index (χ1n) is 9.90. The zero-order valence-corrected chi connectivity index (χ0v) is 17.5. The molecule has 3 nitrogen and oxygen atoms in total. The number of benzene rings is 2. The molecule has 2 rings (SSSR count). The van der Waals surface area contributed by atoms with Gasteiger partial charge in [-0.15, -0.1) is 0 Å². The fourth-order valence-electron chi connectivity index (χ4n) is 3.19. The lowest BCUT2D eigenvalue weighted by Gasteiger charge is -2.24. The zero-order chi connectivity index (χ0) is 20.0. The Kier molecular flexibility index (Phi) is 7.46. The van der Waals surface area contributed by atoms with E-state index in [4.69, 9.17) is 4.74 Å². The summed E-state index contributed by atoms with van der Waals surface area (Å²) in [4.78, 5) is 12.8. The van der Waals surface area contributed by atoms with Crippen molar-refractivity contribution in [3.05, 3.63) is 65.2 Å². The molecule has 0 saturated carbocycles. The molecule has 2 atom stereocenters. The molecule has 0 bridgehead atoms. The molecule has 1 N–H and O–H groups in total. The highest BCUT2D eigenvalue weighted by Crippen LogP contribution is 2.28. The van der Waals surface area contributed by atoms with Gasteiger partial charge in [-0.2, -0.15) is 0 Å². The molecule has 2 aromatic carbocycles. The summed E-state index contributed by atoms with van der Waals surface area (Å²) in [5.41, 5.74) is 3.39.